The molecule has 1 rings (SSSR count). The number of rotatable bonds is 7. The Balaban J connectivity index is 2.01. The predicted octanol–water partition coefficient (Wildman–Crippen LogP) is 2.07. The van der Waals surface area contributed by atoms with Crippen molar-refractivity contribution in [3.05, 3.63) is 24.2 Å². The van der Waals surface area contributed by atoms with Crippen LogP contribution >= 0.6 is 0 Å². The van der Waals surface area contributed by atoms with Crippen molar-refractivity contribution >= 4 is 5.91 Å². The first-order valence-electron chi connectivity index (χ1n) is 5.59. The molecule has 1 aromatic heterocycles. The highest BCUT2D eigenvalue weighted by Crippen LogP contribution is 1.99. The quantitative estimate of drug-likeness (QED) is 0.723. The molecule has 0 aliphatic carbocycles. The predicted molar refractivity (Wildman–Crippen MR) is 61.3 cm³/mol. The monoisotopic (exact) mass is 225 g/mol. The fourth-order valence-electron chi connectivity index (χ4n) is 1.19. The normalized spacial score (nSPS) is 10.7. The van der Waals surface area contributed by atoms with Gasteiger partial charge in [-0.15, -0.1) is 0 Å². The Morgan fingerprint density at radius 3 is 3.00 bits per heavy atom. The molecule has 0 saturated heterocycles. The van der Waals surface area contributed by atoms with Gasteiger partial charge in [-0.2, -0.15) is 0 Å². The summed E-state index contributed by atoms with van der Waals surface area (Å²) >= 11 is 0. The lowest BCUT2D eigenvalue weighted by molar-refractivity contribution is 0.0900. The van der Waals surface area contributed by atoms with E-state index in [2.05, 4.69) is 19.2 Å². The van der Waals surface area contributed by atoms with Crippen molar-refractivity contribution < 1.29 is 13.9 Å². The van der Waals surface area contributed by atoms with Gasteiger partial charge in [0.25, 0.3) is 5.91 Å². The zero-order chi connectivity index (χ0) is 11.8. The van der Waals surface area contributed by atoms with Crippen LogP contribution in [0.2, 0.25) is 0 Å². The Kier molecular flexibility index (Phi) is 5.64. The molecule has 1 N–H and O–H groups in total. The van der Waals surface area contributed by atoms with Crippen molar-refractivity contribution in [1.82, 2.24) is 5.32 Å². The van der Waals surface area contributed by atoms with Crippen LogP contribution in [0, 0.1) is 5.92 Å². The molecule has 1 amide bonds. The second-order valence-electron chi connectivity index (χ2n) is 4.06. The summed E-state index contributed by atoms with van der Waals surface area (Å²) in [6.07, 6.45) is 2.31. The molecule has 90 valence electrons. The summed E-state index contributed by atoms with van der Waals surface area (Å²) in [6, 6.07) is 3.34. The third kappa shape index (κ3) is 4.98. The topological polar surface area (TPSA) is 51.5 Å². The number of ether oxygens (including phenoxy) is 1. The molecule has 0 unspecified atom stereocenters. The summed E-state index contributed by atoms with van der Waals surface area (Å²) in [5.74, 6) is 0.731. The maximum absolute atomic E-state index is 11.4. The second kappa shape index (κ2) is 7.06. The molecule has 4 heteroatoms. The maximum Gasteiger partial charge on any atom is 0.286 e. The van der Waals surface area contributed by atoms with E-state index in [1.54, 1.807) is 12.1 Å². The van der Waals surface area contributed by atoms with E-state index in [9.17, 15) is 4.79 Å². The van der Waals surface area contributed by atoms with Gasteiger partial charge in [-0.05, 0) is 24.5 Å². The summed E-state index contributed by atoms with van der Waals surface area (Å²) in [6.45, 7) is 6.28. The smallest absolute Gasteiger partial charge is 0.286 e. The van der Waals surface area contributed by atoms with Crippen LogP contribution in [0.4, 0.5) is 0 Å². The van der Waals surface area contributed by atoms with Crippen LogP contribution in [-0.4, -0.2) is 25.7 Å². The van der Waals surface area contributed by atoms with E-state index in [-0.39, 0.29) is 5.91 Å². The molecule has 0 aromatic carbocycles. The third-order valence-electron chi connectivity index (χ3n) is 1.95. The molecule has 0 atom stereocenters. The summed E-state index contributed by atoms with van der Waals surface area (Å²) in [5, 5.41) is 2.76. The van der Waals surface area contributed by atoms with Gasteiger partial charge in [-0.3, -0.25) is 4.79 Å². The first kappa shape index (κ1) is 12.8. The minimum absolute atomic E-state index is 0.172. The van der Waals surface area contributed by atoms with Crippen LogP contribution < -0.4 is 5.32 Å². The van der Waals surface area contributed by atoms with Crippen LogP contribution in [0.25, 0.3) is 0 Å². The molecule has 0 bridgehead atoms. The van der Waals surface area contributed by atoms with Gasteiger partial charge >= 0.3 is 0 Å². The van der Waals surface area contributed by atoms with Crippen molar-refractivity contribution in [2.24, 2.45) is 5.92 Å². The molecule has 0 aliphatic rings. The molecular weight excluding hydrogens is 206 g/mol. The van der Waals surface area contributed by atoms with E-state index in [0.29, 0.717) is 24.8 Å². The summed E-state index contributed by atoms with van der Waals surface area (Å²) in [5.41, 5.74) is 0. The maximum atomic E-state index is 11.4. The molecular formula is C12H19NO3. The number of amides is 1. The molecule has 1 heterocycles. The number of carbonyl (C=O) groups excluding carboxylic acids is 1. The summed E-state index contributed by atoms with van der Waals surface area (Å²) < 4.78 is 10.4. The van der Waals surface area contributed by atoms with Gasteiger partial charge in [0, 0.05) is 19.8 Å². The van der Waals surface area contributed by atoms with Crippen molar-refractivity contribution in [3.8, 4) is 0 Å². The van der Waals surface area contributed by atoms with Gasteiger partial charge in [-0.1, -0.05) is 13.8 Å². The SMILES string of the molecule is CC(C)COCCCNC(=O)c1ccco1. The Morgan fingerprint density at radius 1 is 1.56 bits per heavy atom. The number of hydrogen-bond donors (Lipinski definition) is 1. The van der Waals surface area contributed by atoms with Crippen molar-refractivity contribution in [2.45, 2.75) is 20.3 Å². The second-order valence-corrected chi connectivity index (χ2v) is 4.06. The fourth-order valence-corrected chi connectivity index (χ4v) is 1.19. The van der Waals surface area contributed by atoms with Gasteiger partial charge in [0.1, 0.15) is 0 Å². The molecule has 1 aromatic rings. The minimum atomic E-state index is -0.172. The van der Waals surface area contributed by atoms with Gasteiger partial charge in [0.15, 0.2) is 5.76 Å². The first-order valence-corrected chi connectivity index (χ1v) is 5.59. The highest BCUT2D eigenvalue weighted by atomic mass is 16.5. The number of carbonyl (C=O) groups is 1. The Bertz CT molecular complexity index is 293. The summed E-state index contributed by atoms with van der Waals surface area (Å²) in [7, 11) is 0. The molecule has 16 heavy (non-hydrogen) atoms. The van der Waals surface area contributed by atoms with Crippen LogP contribution in [0.1, 0.15) is 30.8 Å². The zero-order valence-electron chi connectivity index (χ0n) is 9.86. The van der Waals surface area contributed by atoms with Gasteiger partial charge in [0.2, 0.25) is 0 Å². The van der Waals surface area contributed by atoms with Crippen molar-refractivity contribution in [2.75, 3.05) is 19.8 Å². The average molecular weight is 225 g/mol. The van der Waals surface area contributed by atoms with E-state index < -0.39 is 0 Å². The Morgan fingerprint density at radius 2 is 2.38 bits per heavy atom. The summed E-state index contributed by atoms with van der Waals surface area (Å²) in [4.78, 5) is 11.4. The molecule has 0 aliphatic heterocycles. The van der Waals surface area contributed by atoms with E-state index in [1.807, 2.05) is 0 Å². The Hall–Kier alpha value is -1.29. The minimum Gasteiger partial charge on any atom is -0.459 e. The zero-order valence-corrected chi connectivity index (χ0v) is 9.86. The third-order valence-corrected chi connectivity index (χ3v) is 1.95. The van der Waals surface area contributed by atoms with Crippen LogP contribution in [0.3, 0.4) is 0 Å². The number of furan rings is 1. The van der Waals surface area contributed by atoms with Crippen LogP contribution in [0.15, 0.2) is 22.8 Å². The van der Waals surface area contributed by atoms with Crippen molar-refractivity contribution in [1.29, 1.82) is 0 Å². The molecule has 0 fully saturated rings. The van der Waals surface area contributed by atoms with Crippen molar-refractivity contribution in [3.63, 3.8) is 0 Å². The van der Waals surface area contributed by atoms with Crippen LogP contribution in [0.5, 0.6) is 0 Å². The van der Waals surface area contributed by atoms with E-state index in [0.717, 1.165) is 13.0 Å². The van der Waals surface area contributed by atoms with E-state index in [4.69, 9.17) is 9.15 Å². The van der Waals surface area contributed by atoms with E-state index >= 15 is 0 Å². The lowest BCUT2D eigenvalue weighted by Crippen LogP contribution is -2.24. The highest BCUT2D eigenvalue weighted by Gasteiger charge is 2.06. The van der Waals surface area contributed by atoms with E-state index in [1.165, 1.54) is 6.26 Å². The van der Waals surface area contributed by atoms with Gasteiger partial charge < -0.3 is 14.5 Å². The van der Waals surface area contributed by atoms with Gasteiger partial charge in [0.05, 0.1) is 6.26 Å². The lowest BCUT2D eigenvalue weighted by Gasteiger charge is -2.06. The first-order chi connectivity index (χ1) is 7.70. The molecule has 0 spiro atoms. The van der Waals surface area contributed by atoms with Crippen LogP contribution in [-0.2, 0) is 4.74 Å². The molecule has 0 saturated carbocycles. The molecule has 4 nitrogen and oxygen atoms in total. The highest BCUT2D eigenvalue weighted by molar-refractivity contribution is 5.91. The van der Waals surface area contributed by atoms with Gasteiger partial charge in [-0.25, -0.2) is 0 Å². The lowest BCUT2D eigenvalue weighted by atomic mass is 10.2. The number of nitrogens with one attached hydrogen (secondary N) is 1. The standard InChI is InChI=1S/C12H19NO3/c1-10(2)9-15-7-4-6-13-12(14)11-5-3-8-16-11/h3,5,8,10H,4,6-7,9H2,1-2H3,(H,13,14). The Labute approximate surface area is 96.0 Å². The fraction of sp³-hybridized carbons (Fsp3) is 0.583. The number of hydrogen-bond acceptors (Lipinski definition) is 3. The average Bonchev–Trinajstić information content (AvgIpc) is 2.75. The molecule has 0 radical (unpaired) electrons. The largest absolute Gasteiger partial charge is 0.459 e.